The van der Waals surface area contributed by atoms with E-state index in [4.69, 9.17) is 13.9 Å². The van der Waals surface area contributed by atoms with Crippen LogP contribution in [0.15, 0.2) is 52.9 Å². The van der Waals surface area contributed by atoms with Crippen molar-refractivity contribution in [2.45, 2.75) is 13.8 Å². The van der Waals surface area contributed by atoms with Gasteiger partial charge in [0.15, 0.2) is 17.1 Å². The Kier molecular flexibility index (Phi) is 5.25. The summed E-state index contributed by atoms with van der Waals surface area (Å²) in [5.74, 6) is 0.946. The number of hydrogen-bond acceptors (Lipinski definition) is 6. The molecule has 158 valence electrons. The molecule has 1 aromatic heterocycles. The number of phenols is 1. The molecule has 4 rings (SSSR count). The highest BCUT2D eigenvalue weighted by molar-refractivity contribution is 6.05. The number of aryl methyl sites for hydroxylation is 2. The van der Waals surface area contributed by atoms with Crippen LogP contribution >= 0.6 is 0 Å². The maximum absolute atomic E-state index is 12.7. The van der Waals surface area contributed by atoms with Crippen LogP contribution in [0.5, 0.6) is 17.2 Å². The highest BCUT2D eigenvalue weighted by atomic mass is 16.5. The molecule has 2 N–H and O–H groups in total. The molecule has 0 bridgehead atoms. The first-order valence-electron chi connectivity index (χ1n) is 9.64. The molecule has 0 aliphatic heterocycles. The smallest absolute Gasteiger partial charge is 0.255 e. The zero-order chi connectivity index (χ0) is 22.1. The number of methoxy groups -OCH3 is 2. The molecule has 31 heavy (non-hydrogen) atoms. The van der Waals surface area contributed by atoms with Crippen LogP contribution in [-0.2, 0) is 0 Å². The molecule has 1 amide bonds. The number of amides is 1. The van der Waals surface area contributed by atoms with Crippen LogP contribution in [0, 0.1) is 13.8 Å². The largest absolute Gasteiger partial charge is 0.507 e. The standard InChI is InChI=1S/C24H22N2O5/c1-13-9-14(2)22-18(10-13)26-24(31-22)17-12-16(6-7-19(17)27)25-23(28)15-5-8-20(29-3)21(11-15)30-4/h5-12,27H,1-4H3,(H,25,28). The summed E-state index contributed by atoms with van der Waals surface area (Å²) in [5, 5.41) is 13.2. The Balaban J connectivity index is 1.66. The average Bonchev–Trinajstić information content (AvgIpc) is 3.18. The zero-order valence-corrected chi connectivity index (χ0v) is 17.6. The maximum Gasteiger partial charge on any atom is 0.255 e. The maximum atomic E-state index is 12.7. The Bertz CT molecular complexity index is 1290. The molecule has 0 radical (unpaired) electrons. The summed E-state index contributed by atoms with van der Waals surface area (Å²) in [5.41, 5.74) is 4.70. The molecule has 3 aromatic carbocycles. The first kappa shape index (κ1) is 20.3. The average molecular weight is 418 g/mol. The molecule has 1 heterocycles. The van der Waals surface area contributed by atoms with E-state index in [2.05, 4.69) is 10.3 Å². The number of benzene rings is 3. The van der Waals surface area contributed by atoms with Gasteiger partial charge in [0.1, 0.15) is 11.3 Å². The Labute approximate surface area is 179 Å². The zero-order valence-electron chi connectivity index (χ0n) is 17.6. The molecule has 4 aromatic rings. The Morgan fingerprint density at radius 1 is 1.00 bits per heavy atom. The third-order valence-electron chi connectivity index (χ3n) is 4.95. The van der Waals surface area contributed by atoms with Gasteiger partial charge in [0.05, 0.1) is 19.8 Å². The molecule has 0 unspecified atom stereocenters. The van der Waals surface area contributed by atoms with Gasteiger partial charge in [-0.25, -0.2) is 4.98 Å². The summed E-state index contributed by atoms with van der Waals surface area (Å²) in [4.78, 5) is 17.2. The number of oxazole rings is 1. The molecule has 0 spiro atoms. The quantitative estimate of drug-likeness (QED) is 0.439. The van der Waals surface area contributed by atoms with Crippen LogP contribution in [0.2, 0.25) is 0 Å². The minimum atomic E-state index is -0.332. The van der Waals surface area contributed by atoms with Crippen molar-refractivity contribution in [2.24, 2.45) is 0 Å². The van der Waals surface area contributed by atoms with Crippen molar-refractivity contribution in [1.82, 2.24) is 4.98 Å². The molecule has 7 nitrogen and oxygen atoms in total. The fourth-order valence-corrected chi connectivity index (χ4v) is 3.46. The van der Waals surface area contributed by atoms with Crippen molar-refractivity contribution in [3.8, 4) is 28.7 Å². The van der Waals surface area contributed by atoms with Gasteiger partial charge in [-0.2, -0.15) is 0 Å². The van der Waals surface area contributed by atoms with Gasteiger partial charge in [-0.3, -0.25) is 4.79 Å². The number of carbonyl (C=O) groups is 1. The Hall–Kier alpha value is -4.00. The molecular formula is C24H22N2O5. The van der Waals surface area contributed by atoms with E-state index in [1.54, 1.807) is 30.3 Å². The second kappa shape index (κ2) is 8.02. The van der Waals surface area contributed by atoms with Crippen LogP contribution in [0.25, 0.3) is 22.6 Å². The molecule has 0 fully saturated rings. The van der Waals surface area contributed by atoms with E-state index in [-0.39, 0.29) is 17.5 Å². The predicted octanol–water partition coefficient (Wildman–Crippen LogP) is 5.09. The van der Waals surface area contributed by atoms with Gasteiger partial charge in [-0.05, 0) is 67.4 Å². The van der Waals surface area contributed by atoms with Crippen LogP contribution in [0.4, 0.5) is 5.69 Å². The summed E-state index contributed by atoms with van der Waals surface area (Å²) in [7, 11) is 3.04. The first-order chi connectivity index (χ1) is 14.9. The van der Waals surface area contributed by atoms with Gasteiger partial charge in [-0.1, -0.05) is 6.07 Å². The third kappa shape index (κ3) is 3.90. The van der Waals surface area contributed by atoms with Crippen LogP contribution < -0.4 is 14.8 Å². The lowest BCUT2D eigenvalue weighted by Crippen LogP contribution is -2.12. The Morgan fingerprint density at radius 3 is 2.52 bits per heavy atom. The lowest BCUT2D eigenvalue weighted by Gasteiger charge is -2.11. The third-order valence-corrected chi connectivity index (χ3v) is 4.95. The summed E-state index contributed by atoms with van der Waals surface area (Å²) in [6.45, 7) is 3.94. The van der Waals surface area contributed by atoms with E-state index in [9.17, 15) is 9.90 Å². The fraction of sp³-hybridized carbons (Fsp3) is 0.167. The van der Waals surface area contributed by atoms with Gasteiger partial charge in [0.25, 0.3) is 5.91 Å². The second-order valence-corrected chi connectivity index (χ2v) is 7.20. The number of carbonyl (C=O) groups excluding carboxylic acids is 1. The lowest BCUT2D eigenvalue weighted by atomic mass is 10.1. The lowest BCUT2D eigenvalue weighted by molar-refractivity contribution is 0.102. The van der Waals surface area contributed by atoms with Crippen molar-refractivity contribution in [3.05, 3.63) is 65.2 Å². The highest BCUT2D eigenvalue weighted by Gasteiger charge is 2.16. The van der Waals surface area contributed by atoms with Crippen molar-refractivity contribution < 1.29 is 23.8 Å². The molecule has 0 saturated heterocycles. The van der Waals surface area contributed by atoms with Gasteiger partial charge in [0, 0.05) is 11.3 Å². The number of hydrogen-bond donors (Lipinski definition) is 2. The molecule has 7 heteroatoms. The number of aromatic hydroxyl groups is 1. The van der Waals surface area contributed by atoms with Crippen LogP contribution in [0.1, 0.15) is 21.5 Å². The van der Waals surface area contributed by atoms with Gasteiger partial charge in [-0.15, -0.1) is 0 Å². The van der Waals surface area contributed by atoms with E-state index in [1.165, 1.54) is 20.3 Å². The first-order valence-corrected chi connectivity index (χ1v) is 9.64. The number of anilines is 1. The Morgan fingerprint density at radius 2 is 1.77 bits per heavy atom. The van der Waals surface area contributed by atoms with Crippen molar-refractivity contribution in [2.75, 3.05) is 19.5 Å². The van der Waals surface area contributed by atoms with E-state index in [1.807, 2.05) is 26.0 Å². The minimum absolute atomic E-state index is 0.00467. The molecule has 0 aliphatic carbocycles. The number of phenolic OH excluding ortho intramolecular Hbond substituents is 1. The number of nitrogens with one attached hydrogen (secondary N) is 1. The van der Waals surface area contributed by atoms with Gasteiger partial charge < -0.3 is 24.3 Å². The van der Waals surface area contributed by atoms with Crippen LogP contribution in [-0.4, -0.2) is 30.2 Å². The van der Waals surface area contributed by atoms with Gasteiger partial charge in [0.2, 0.25) is 5.89 Å². The second-order valence-electron chi connectivity index (χ2n) is 7.20. The molecule has 0 saturated carbocycles. The number of ether oxygens (including phenoxy) is 2. The number of fused-ring (bicyclic) bond motifs is 1. The van der Waals surface area contributed by atoms with E-state index < -0.39 is 0 Å². The summed E-state index contributed by atoms with van der Waals surface area (Å²) in [6.07, 6.45) is 0. The normalized spacial score (nSPS) is 10.8. The summed E-state index contributed by atoms with van der Waals surface area (Å²) < 4.78 is 16.4. The van der Waals surface area contributed by atoms with Gasteiger partial charge >= 0.3 is 0 Å². The van der Waals surface area contributed by atoms with E-state index in [0.717, 1.165) is 11.1 Å². The number of nitrogens with zero attached hydrogens (tertiary/aromatic N) is 1. The van der Waals surface area contributed by atoms with Crippen molar-refractivity contribution in [1.29, 1.82) is 0 Å². The fourth-order valence-electron chi connectivity index (χ4n) is 3.46. The number of aromatic nitrogens is 1. The summed E-state index contributed by atoms with van der Waals surface area (Å²) >= 11 is 0. The van der Waals surface area contributed by atoms with Crippen LogP contribution in [0.3, 0.4) is 0 Å². The highest BCUT2D eigenvalue weighted by Crippen LogP contribution is 2.35. The number of rotatable bonds is 5. The monoisotopic (exact) mass is 418 g/mol. The van der Waals surface area contributed by atoms with E-state index in [0.29, 0.717) is 39.4 Å². The molecule has 0 atom stereocenters. The predicted molar refractivity (Wildman–Crippen MR) is 118 cm³/mol. The summed E-state index contributed by atoms with van der Waals surface area (Å²) in [6, 6.07) is 13.6. The van der Waals surface area contributed by atoms with Crippen molar-refractivity contribution >= 4 is 22.7 Å². The molecule has 0 aliphatic rings. The SMILES string of the molecule is COc1ccc(C(=O)Nc2ccc(O)c(-c3nc4cc(C)cc(C)c4o3)c2)cc1OC. The van der Waals surface area contributed by atoms with Crippen molar-refractivity contribution in [3.63, 3.8) is 0 Å². The molecular weight excluding hydrogens is 396 g/mol. The minimum Gasteiger partial charge on any atom is -0.507 e. The topological polar surface area (TPSA) is 93.8 Å². The van der Waals surface area contributed by atoms with E-state index >= 15 is 0 Å².